The summed E-state index contributed by atoms with van der Waals surface area (Å²) in [7, 11) is 0. The van der Waals surface area contributed by atoms with Gasteiger partial charge in [-0.15, -0.1) is 5.48 Å². The Morgan fingerprint density at radius 1 is 1.05 bits per heavy atom. The highest BCUT2D eigenvalue weighted by atomic mass is 19.2. The lowest BCUT2D eigenvalue weighted by Crippen LogP contribution is -2.33. The maximum atomic E-state index is 13.3. The van der Waals surface area contributed by atoms with Crippen molar-refractivity contribution in [2.75, 3.05) is 0 Å². The minimum absolute atomic E-state index is 0.0640. The van der Waals surface area contributed by atoms with E-state index in [1.54, 1.807) is 0 Å². The van der Waals surface area contributed by atoms with Crippen molar-refractivity contribution in [2.24, 2.45) is 0 Å². The second-order valence-corrected chi connectivity index (χ2v) is 4.69. The molecular formula is C13H13F4NO2. The number of carbonyl (C=O) groups is 1. The first-order valence-corrected chi connectivity index (χ1v) is 6.30. The van der Waals surface area contributed by atoms with Gasteiger partial charge in [0.15, 0.2) is 23.3 Å². The first kappa shape index (κ1) is 14.8. The second-order valence-electron chi connectivity index (χ2n) is 4.69. The third-order valence-corrected chi connectivity index (χ3v) is 3.25. The number of carbonyl (C=O) groups excluding carboxylic acids is 1. The van der Waals surface area contributed by atoms with Crippen LogP contribution in [0.15, 0.2) is 6.07 Å². The van der Waals surface area contributed by atoms with E-state index in [1.807, 2.05) is 0 Å². The summed E-state index contributed by atoms with van der Waals surface area (Å²) in [5, 5.41) is 0. The summed E-state index contributed by atoms with van der Waals surface area (Å²) in [6, 6.07) is 0.212. The number of nitrogens with one attached hydrogen (secondary N) is 1. The number of hydrogen-bond acceptors (Lipinski definition) is 3. The first-order chi connectivity index (χ1) is 9.50. The van der Waals surface area contributed by atoms with Crippen LogP contribution in [0.5, 0.6) is 0 Å². The first-order valence-electron chi connectivity index (χ1n) is 6.30. The van der Waals surface area contributed by atoms with Gasteiger partial charge in [0.25, 0.3) is 0 Å². The van der Waals surface area contributed by atoms with Gasteiger partial charge >= 0.3 is 5.97 Å². The van der Waals surface area contributed by atoms with Crippen molar-refractivity contribution in [3.8, 4) is 0 Å². The van der Waals surface area contributed by atoms with Gasteiger partial charge in [0.1, 0.15) is 5.56 Å². The molecule has 0 aliphatic heterocycles. The van der Waals surface area contributed by atoms with Crippen LogP contribution in [-0.4, -0.2) is 12.0 Å². The van der Waals surface area contributed by atoms with Crippen molar-refractivity contribution < 1.29 is 27.2 Å². The minimum Gasteiger partial charge on any atom is -0.366 e. The molecule has 110 valence electrons. The van der Waals surface area contributed by atoms with Crippen LogP contribution in [0.25, 0.3) is 0 Å². The highest BCUT2D eigenvalue weighted by molar-refractivity contribution is 5.89. The van der Waals surface area contributed by atoms with E-state index in [0.717, 1.165) is 32.1 Å². The normalized spacial score (nSPS) is 16.2. The van der Waals surface area contributed by atoms with E-state index < -0.39 is 34.8 Å². The quantitative estimate of drug-likeness (QED) is 0.402. The predicted octanol–water partition coefficient (Wildman–Crippen LogP) is 3.24. The molecule has 0 heterocycles. The van der Waals surface area contributed by atoms with E-state index in [2.05, 4.69) is 10.3 Å². The maximum absolute atomic E-state index is 13.3. The van der Waals surface area contributed by atoms with E-state index in [1.165, 1.54) is 0 Å². The fourth-order valence-electron chi connectivity index (χ4n) is 2.13. The van der Waals surface area contributed by atoms with E-state index >= 15 is 0 Å². The van der Waals surface area contributed by atoms with Crippen molar-refractivity contribution in [2.45, 2.75) is 38.1 Å². The fourth-order valence-corrected chi connectivity index (χ4v) is 2.13. The van der Waals surface area contributed by atoms with Crippen LogP contribution < -0.4 is 5.48 Å². The molecule has 0 spiro atoms. The maximum Gasteiger partial charge on any atom is 0.360 e. The second kappa shape index (κ2) is 6.21. The van der Waals surface area contributed by atoms with Crippen molar-refractivity contribution >= 4 is 5.97 Å². The number of rotatable bonds is 3. The number of hydrogen-bond donors (Lipinski definition) is 1. The van der Waals surface area contributed by atoms with Crippen LogP contribution in [0.2, 0.25) is 0 Å². The summed E-state index contributed by atoms with van der Waals surface area (Å²) in [6.07, 6.45) is 4.63. The Labute approximate surface area is 112 Å². The molecule has 7 heteroatoms. The molecule has 20 heavy (non-hydrogen) atoms. The smallest absolute Gasteiger partial charge is 0.360 e. The number of benzene rings is 1. The molecule has 3 nitrogen and oxygen atoms in total. The van der Waals surface area contributed by atoms with Crippen LogP contribution >= 0.6 is 0 Å². The van der Waals surface area contributed by atoms with Crippen molar-refractivity contribution in [3.05, 3.63) is 34.9 Å². The predicted molar refractivity (Wildman–Crippen MR) is 61.7 cm³/mol. The Morgan fingerprint density at radius 2 is 1.70 bits per heavy atom. The molecule has 0 radical (unpaired) electrons. The molecule has 0 amide bonds. The molecule has 0 bridgehead atoms. The third kappa shape index (κ3) is 3.09. The van der Waals surface area contributed by atoms with Gasteiger partial charge in [-0.05, 0) is 18.9 Å². The van der Waals surface area contributed by atoms with Crippen molar-refractivity contribution in [1.29, 1.82) is 0 Å². The van der Waals surface area contributed by atoms with Gasteiger partial charge in [-0.1, -0.05) is 19.3 Å². The summed E-state index contributed by atoms with van der Waals surface area (Å²) in [5.41, 5.74) is 1.46. The summed E-state index contributed by atoms with van der Waals surface area (Å²) in [6.45, 7) is 0. The lowest BCUT2D eigenvalue weighted by molar-refractivity contribution is 0.0106. The van der Waals surface area contributed by atoms with Gasteiger partial charge in [0.2, 0.25) is 0 Å². The van der Waals surface area contributed by atoms with Crippen LogP contribution in [0.4, 0.5) is 17.6 Å². The molecule has 1 aliphatic rings. The zero-order valence-corrected chi connectivity index (χ0v) is 10.5. The molecule has 1 fully saturated rings. The average Bonchev–Trinajstić information content (AvgIpc) is 2.47. The van der Waals surface area contributed by atoms with E-state index in [-0.39, 0.29) is 12.1 Å². The monoisotopic (exact) mass is 291 g/mol. The number of halogens is 4. The summed E-state index contributed by atoms with van der Waals surface area (Å²) >= 11 is 0. The minimum atomic E-state index is -2.03. The molecule has 2 rings (SSSR count). The van der Waals surface area contributed by atoms with Crippen molar-refractivity contribution in [3.63, 3.8) is 0 Å². The van der Waals surface area contributed by atoms with Crippen LogP contribution in [0, 0.1) is 23.3 Å². The standard InChI is InChI=1S/C13H13F4NO2/c14-9-6-8(10(15)12(17)11(9)16)13(19)20-18-7-4-2-1-3-5-7/h6-7,18H,1-5H2. The molecule has 0 atom stereocenters. The summed E-state index contributed by atoms with van der Waals surface area (Å²) < 4.78 is 52.1. The largest absolute Gasteiger partial charge is 0.366 e. The lowest BCUT2D eigenvalue weighted by atomic mass is 9.96. The lowest BCUT2D eigenvalue weighted by Gasteiger charge is -2.21. The Morgan fingerprint density at radius 3 is 2.35 bits per heavy atom. The Balaban J connectivity index is 2.05. The summed E-state index contributed by atoms with van der Waals surface area (Å²) in [4.78, 5) is 16.2. The van der Waals surface area contributed by atoms with E-state index in [0.29, 0.717) is 0 Å². The Hall–Kier alpha value is -1.63. The highest BCUT2D eigenvalue weighted by Crippen LogP contribution is 2.20. The van der Waals surface area contributed by atoms with E-state index in [4.69, 9.17) is 0 Å². The molecule has 0 aromatic heterocycles. The Bertz CT molecular complexity index is 516. The van der Waals surface area contributed by atoms with Crippen LogP contribution in [0.1, 0.15) is 42.5 Å². The van der Waals surface area contributed by atoms with Gasteiger partial charge in [0, 0.05) is 6.04 Å². The van der Waals surface area contributed by atoms with Gasteiger partial charge in [-0.3, -0.25) is 0 Å². The molecule has 0 unspecified atom stereocenters. The average molecular weight is 291 g/mol. The van der Waals surface area contributed by atoms with E-state index in [9.17, 15) is 22.4 Å². The third-order valence-electron chi connectivity index (χ3n) is 3.25. The molecule has 1 aromatic carbocycles. The topological polar surface area (TPSA) is 38.3 Å². The molecule has 1 aliphatic carbocycles. The highest BCUT2D eigenvalue weighted by Gasteiger charge is 2.25. The van der Waals surface area contributed by atoms with Gasteiger partial charge in [-0.25, -0.2) is 22.4 Å². The van der Waals surface area contributed by atoms with Gasteiger partial charge < -0.3 is 4.84 Å². The molecule has 1 N–H and O–H groups in total. The zero-order valence-electron chi connectivity index (χ0n) is 10.5. The van der Waals surface area contributed by atoms with Gasteiger partial charge in [-0.2, -0.15) is 0 Å². The van der Waals surface area contributed by atoms with Gasteiger partial charge in [0.05, 0.1) is 0 Å². The summed E-state index contributed by atoms with van der Waals surface area (Å²) in [5.74, 6) is -8.69. The molecular weight excluding hydrogens is 278 g/mol. The molecule has 1 aromatic rings. The molecule has 1 saturated carbocycles. The fraction of sp³-hybridized carbons (Fsp3) is 0.462. The zero-order chi connectivity index (χ0) is 14.7. The number of hydroxylamine groups is 1. The van der Waals surface area contributed by atoms with Crippen LogP contribution in [0.3, 0.4) is 0 Å². The molecule has 0 saturated heterocycles. The SMILES string of the molecule is O=C(ONC1CCCCC1)c1cc(F)c(F)c(F)c1F. The van der Waals surface area contributed by atoms with Crippen LogP contribution in [-0.2, 0) is 4.84 Å². The Kier molecular flexibility index (Phi) is 4.59. The van der Waals surface area contributed by atoms with Crippen molar-refractivity contribution in [1.82, 2.24) is 5.48 Å².